The van der Waals surface area contributed by atoms with Gasteiger partial charge in [-0.1, -0.05) is 0 Å². The Balaban J connectivity index is 0.00000242. The summed E-state index contributed by atoms with van der Waals surface area (Å²) in [5.41, 5.74) is -0.468. The zero-order valence-corrected chi connectivity index (χ0v) is 12.7. The predicted octanol–water partition coefficient (Wildman–Crippen LogP) is 0.791. The van der Waals surface area contributed by atoms with Crippen LogP contribution in [0, 0.1) is 15.9 Å². The average molecular weight is 333 g/mol. The molecule has 1 aliphatic rings. The van der Waals surface area contributed by atoms with E-state index in [4.69, 9.17) is 0 Å². The molecule has 0 aromatic heterocycles. The largest absolute Gasteiger partial charge is 0.351 e. The van der Waals surface area contributed by atoms with Crippen molar-refractivity contribution in [1.82, 2.24) is 15.5 Å². The van der Waals surface area contributed by atoms with E-state index in [-0.39, 0.29) is 18.0 Å². The van der Waals surface area contributed by atoms with Gasteiger partial charge in [-0.2, -0.15) is 0 Å². The highest BCUT2D eigenvalue weighted by Crippen LogP contribution is 2.16. The van der Waals surface area contributed by atoms with E-state index in [0.717, 1.165) is 44.4 Å². The van der Waals surface area contributed by atoms with E-state index < -0.39 is 22.3 Å². The summed E-state index contributed by atoms with van der Waals surface area (Å²) in [6, 6.07) is 2.86. The van der Waals surface area contributed by atoms with Gasteiger partial charge in [0.2, 0.25) is 0 Å². The first-order valence-corrected chi connectivity index (χ1v) is 6.72. The Hall–Kier alpha value is -1.77. The maximum absolute atomic E-state index is 13.3. The molecule has 1 fully saturated rings. The highest BCUT2D eigenvalue weighted by molar-refractivity contribution is 5.94. The van der Waals surface area contributed by atoms with Gasteiger partial charge >= 0.3 is 0 Å². The molecule has 7 nitrogen and oxygen atoms in total. The topological polar surface area (TPSA) is 87.5 Å². The van der Waals surface area contributed by atoms with Crippen LogP contribution in [0.5, 0.6) is 0 Å². The fourth-order valence-electron chi connectivity index (χ4n) is 2.18. The molecule has 0 spiro atoms. The summed E-state index contributed by atoms with van der Waals surface area (Å²) < 4.78 is 13.3. The Labute approximate surface area is 133 Å². The second kappa shape index (κ2) is 8.62. The van der Waals surface area contributed by atoms with Crippen molar-refractivity contribution in [1.29, 1.82) is 0 Å². The minimum absolute atomic E-state index is 0. The van der Waals surface area contributed by atoms with Gasteiger partial charge in [-0.05, 0) is 6.07 Å². The summed E-state index contributed by atoms with van der Waals surface area (Å²) in [5.74, 6) is -1.30. The zero-order valence-electron chi connectivity index (χ0n) is 11.9. The van der Waals surface area contributed by atoms with E-state index in [1.54, 1.807) is 0 Å². The molecule has 22 heavy (non-hydrogen) atoms. The van der Waals surface area contributed by atoms with Crippen LogP contribution in [-0.4, -0.2) is 55.0 Å². The molecule has 1 aromatic rings. The van der Waals surface area contributed by atoms with Crippen molar-refractivity contribution in [3.05, 3.63) is 39.7 Å². The molecule has 1 aromatic carbocycles. The minimum atomic E-state index is -0.795. The van der Waals surface area contributed by atoms with E-state index in [0.29, 0.717) is 13.1 Å². The van der Waals surface area contributed by atoms with Gasteiger partial charge in [0, 0.05) is 50.9 Å². The molecule has 1 heterocycles. The molecule has 0 atom stereocenters. The standard InChI is InChI=1S/C13H17FN4O3.ClH/c14-11-7-10(8-12(9-11)18(20)21)13(19)16-3-6-17-4-1-15-2-5-17;/h7-9,15H,1-6H2,(H,16,19);1H. The van der Waals surface area contributed by atoms with Crippen molar-refractivity contribution in [3.8, 4) is 0 Å². The summed E-state index contributed by atoms with van der Waals surface area (Å²) in [7, 11) is 0. The number of nitro benzene ring substituents is 1. The first kappa shape index (κ1) is 18.3. The van der Waals surface area contributed by atoms with Crippen molar-refractivity contribution in [2.24, 2.45) is 0 Å². The number of amides is 1. The number of non-ortho nitro benzene ring substituents is 1. The van der Waals surface area contributed by atoms with Gasteiger partial charge in [0.05, 0.1) is 11.0 Å². The lowest BCUT2D eigenvalue weighted by molar-refractivity contribution is -0.385. The third kappa shape index (κ3) is 5.21. The number of nitro groups is 1. The lowest BCUT2D eigenvalue weighted by atomic mass is 10.2. The summed E-state index contributed by atoms with van der Waals surface area (Å²) in [5, 5.41) is 16.5. The fourth-order valence-corrected chi connectivity index (χ4v) is 2.18. The smallest absolute Gasteiger partial charge is 0.273 e. The monoisotopic (exact) mass is 332 g/mol. The molecule has 122 valence electrons. The SMILES string of the molecule is Cl.O=C(NCCN1CCNCC1)c1cc(F)cc([N+](=O)[O-])c1. The Bertz CT molecular complexity index is 538. The summed E-state index contributed by atoms with van der Waals surface area (Å²) in [4.78, 5) is 24.0. The van der Waals surface area contributed by atoms with Crippen LogP contribution >= 0.6 is 12.4 Å². The molecule has 0 bridgehead atoms. The van der Waals surface area contributed by atoms with Crippen molar-refractivity contribution in [3.63, 3.8) is 0 Å². The predicted molar refractivity (Wildman–Crippen MR) is 81.9 cm³/mol. The number of hydrogen-bond acceptors (Lipinski definition) is 5. The van der Waals surface area contributed by atoms with Crippen molar-refractivity contribution in [2.45, 2.75) is 0 Å². The number of carbonyl (C=O) groups is 1. The van der Waals surface area contributed by atoms with E-state index in [1.807, 2.05) is 0 Å². The third-order valence-corrected chi connectivity index (χ3v) is 3.28. The molecule has 1 saturated heterocycles. The lowest BCUT2D eigenvalue weighted by Crippen LogP contribution is -2.46. The number of rotatable bonds is 5. The summed E-state index contributed by atoms with van der Waals surface area (Å²) in [6.45, 7) is 4.80. The van der Waals surface area contributed by atoms with Crippen LogP contribution in [0.4, 0.5) is 10.1 Å². The number of nitrogens with zero attached hydrogens (tertiary/aromatic N) is 2. The molecular formula is C13H18ClFN4O3. The van der Waals surface area contributed by atoms with Crippen LogP contribution in [0.3, 0.4) is 0 Å². The maximum Gasteiger partial charge on any atom is 0.273 e. The van der Waals surface area contributed by atoms with Crippen LogP contribution in [-0.2, 0) is 0 Å². The number of hydrogen-bond donors (Lipinski definition) is 2. The fraction of sp³-hybridized carbons (Fsp3) is 0.462. The molecule has 2 rings (SSSR count). The van der Waals surface area contributed by atoms with Crippen LogP contribution in [0.15, 0.2) is 18.2 Å². The third-order valence-electron chi connectivity index (χ3n) is 3.28. The Morgan fingerprint density at radius 2 is 2.05 bits per heavy atom. The van der Waals surface area contributed by atoms with Crippen LogP contribution in [0.25, 0.3) is 0 Å². The van der Waals surface area contributed by atoms with E-state index in [1.165, 1.54) is 0 Å². The second-order valence-electron chi connectivity index (χ2n) is 4.80. The second-order valence-corrected chi connectivity index (χ2v) is 4.80. The van der Waals surface area contributed by atoms with Gasteiger partial charge in [-0.15, -0.1) is 12.4 Å². The average Bonchev–Trinajstić information content (AvgIpc) is 2.47. The van der Waals surface area contributed by atoms with Gasteiger partial charge in [0.25, 0.3) is 11.6 Å². The van der Waals surface area contributed by atoms with Crippen LogP contribution < -0.4 is 10.6 Å². The number of piperazine rings is 1. The molecule has 0 radical (unpaired) electrons. The Morgan fingerprint density at radius 1 is 1.36 bits per heavy atom. The molecule has 1 amide bonds. The molecular weight excluding hydrogens is 315 g/mol. The molecule has 1 aliphatic heterocycles. The highest BCUT2D eigenvalue weighted by Gasteiger charge is 2.15. The van der Waals surface area contributed by atoms with Crippen molar-refractivity contribution >= 4 is 24.0 Å². The van der Waals surface area contributed by atoms with Crippen molar-refractivity contribution < 1.29 is 14.1 Å². The van der Waals surface area contributed by atoms with Gasteiger partial charge in [-0.3, -0.25) is 19.8 Å². The van der Waals surface area contributed by atoms with Crippen molar-refractivity contribution in [2.75, 3.05) is 39.3 Å². The number of nitrogens with one attached hydrogen (secondary N) is 2. The van der Waals surface area contributed by atoms with Crippen LogP contribution in [0.1, 0.15) is 10.4 Å². The first-order chi connectivity index (χ1) is 10.1. The zero-order chi connectivity index (χ0) is 15.2. The number of halogens is 2. The molecule has 0 aliphatic carbocycles. The van der Waals surface area contributed by atoms with Crippen LogP contribution in [0.2, 0.25) is 0 Å². The Morgan fingerprint density at radius 3 is 2.68 bits per heavy atom. The molecule has 0 saturated carbocycles. The normalized spacial score (nSPS) is 15.0. The van der Waals surface area contributed by atoms with Gasteiger partial charge in [0.1, 0.15) is 5.82 Å². The van der Waals surface area contributed by atoms with Gasteiger partial charge in [0.15, 0.2) is 0 Å². The van der Waals surface area contributed by atoms with Gasteiger partial charge < -0.3 is 10.6 Å². The quantitative estimate of drug-likeness (QED) is 0.615. The lowest BCUT2D eigenvalue weighted by Gasteiger charge is -2.27. The maximum atomic E-state index is 13.3. The summed E-state index contributed by atoms with van der Waals surface area (Å²) >= 11 is 0. The van der Waals surface area contributed by atoms with E-state index in [2.05, 4.69) is 15.5 Å². The molecule has 2 N–H and O–H groups in total. The van der Waals surface area contributed by atoms with Gasteiger partial charge in [-0.25, -0.2) is 4.39 Å². The summed E-state index contributed by atoms with van der Waals surface area (Å²) in [6.07, 6.45) is 0. The Kier molecular flexibility index (Phi) is 7.16. The first-order valence-electron chi connectivity index (χ1n) is 6.72. The van der Waals surface area contributed by atoms with E-state index in [9.17, 15) is 19.3 Å². The molecule has 9 heteroatoms. The minimum Gasteiger partial charge on any atom is -0.351 e. The number of benzene rings is 1. The molecule has 0 unspecified atom stereocenters. The number of carbonyl (C=O) groups excluding carboxylic acids is 1. The highest BCUT2D eigenvalue weighted by atomic mass is 35.5. The van der Waals surface area contributed by atoms with E-state index >= 15 is 0 Å².